The third-order valence-corrected chi connectivity index (χ3v) is 6.14. The maximum atomic E-state index is 15.3. The highest BCUT2D eigenvalue weighted by Gasteiger charge is 2.30. The third-order valence-electron chi connectivity index (χ3n) is 6.14. The van der Waals surface area contributed by atoms with Crippen molar-refractivity contribution in [2.24, 2.45) is 0 Å². The fourth-order valence-corrected chi connectivity index (χ4v) is 4.23. The van der Waals surface area contributed by atoms with Gasteiger partial charge in [-0.3, -0.25) is 0 Å². The SMILES string of the molecule is CCCCCCc1ccc2c(F)c(-c3ccc(-c4ccc(C(F)(F)F)cc4)c(F)c3)ccc2c1. The van der Waals surface area contributed by atoms with Crippen molar-refractivity contribution in [2.75, 3.05) is 0 Å². The highest BCUT2D eigenvalue weighted by Crippen LogP contribution is 2.34. The number of hydrogen-bond acceptors (Lipinski definition) is 0. The summed E-state index contributed by atoms with van der Waals surface area (Å²) in [5.74, 6) is -1.05. The molecule has 0 N–H and O–H groups in total. The second-order valence-corrected chi connectivity index (χ2v) is 8.56. The van der Waals surface area contributed by atoms with Crippen LogP contribution in [-0.4, -0.2) is 0 Å². The van der Waals surface area contributed by atoms with Crippen molar-refractivity contribution in [3.8, 4) is 22.3 Å². The first-order valence-corrected chi connectivity index (χ1v) is 11.5. The van der Waals surface area contributed by atoms with Gasteiger partial charge in [-0.15, -0.1) is 0 Å². The molecule has 0 spiro atoms. The van der Waals surface area contributed by atoms with Crippen LogP contribution in [0.1, 0.15) is 43.7 Å². The Morgan fingerprint density at radius 2 is 1.38 bits per heavy atom. The lowest BCUT2D eigenvalue weighted by Gasteiger charge is -2.11. The average molecular weight is 469 g/mol. The van der Waals surface area contributed by atoms with E-state index < -0.39 is 23.4 Å². The van der Waals surface area contributed by atoms with Gasteiger partial charge < -0.3 is 0 Å². The Labute approximate surface area is 196 Å². The molecule has 0 amide bonds. The molecule has 0 aliphatic rings. The highest BCUT2D eigenvalue weighted by atomic mass is 19.4. The standard InChI is InChI=1S/C29H25F5/c1-2-3-4-5-6-19-7-14-25-21(17-19)11-16-26(28(25)31)22-10-15-24(27(30)18-22)20-8-12-23(13-9-20)29(32,33)34/h7-18H,2-6H2,1H3. The van der Waals surface area contributed by atoms with Gasteiger partial charge in [0.2, 0.25) is 0 Å². The van der Waals surface area contributed by atoms with Crippen molar-refractivity contribution in [3.63, 3.8) is 0 Å². The van der Waals surface area contributed by atoms with Crippen LogP contribution < -0.4 is 0 Å². The second-order valence-electron chi connectivity index (χ2n) is 8.56. The predicted octanol–water partition coefficient (Wildman–Crippen LogP) is 9.59. The molecule has 0 saturated carbocycles. The Morgan fingerprint density at radius 1 is 0.676 bits per heavy atom. The van der Waals surface area contributed by atoms with Crippen LogP contribution in [0.3, 0.4) is 0 Å². The largest absolute Gasteiger partial charge is 0.416 e. The van der Waals surface area contributed by atoms with Crippen LogP contribution in [0.5, 0.6) is 0 Å². The molecule has 0 aromatic heterocycles. The van der Waals surface area contributed by atoms with Crippen LogP contribution in [0.2, 0.25) is 0 Å². The zero-order valence-electron chi connectivity index (χ0n) is 18.9. The summed E-state index contributed by atoms with van der Waals surface area (Å²) >= 11 is 0. The number of rotatable bonds is 7. The molecule has 0 aliphatic heterocycles. The van der Waals surface area contributed by atoms with Gasteiger partial charge in [-0.05, 0) is 53.1 Å². The zero-order chi connectivity index (χ0) is 24.3. The van der Waals surface area contributed by atoms with Gasteiger partial charge >= 0.3 is 6.18 Å². The number of hydrogen-bond donors (Lipinski definition) is 0. The lowest BCUT2D eigenvalue weighted by Crippen LogP contribution is -2.04. The molecule has 0 saturated heterocycles. The molecule has 0 nitrogen and oxygen atoms in total. The Kier molecular flexibility index (Phi) is 7.01. The topological polar surface area (TPSA) is 0 Å². The molecule has 0 radical (unpaired) electrons. The Morgan fingerprint density at radius 3 is 2.06 bits per heavy atom. The van der Waals surface area contributed by atoms with Crippen molar-refractivity contribution in [2.45, 2.75) is 45.2 Å². The van der Waals surface area contributed by atoms with Gasteiger partial charge in [0.25, 0.3) is 0 Å². The maximum absolute atomic E-state index is 15.3. The molecular formula is C29H25F5. The predicted molar refractivity (Wildman–Crippen MR) is 128 cm³/mol. The van der Waals surface area contributed by atoms with E-state index in [1.807, 2.05) is 18.2 Å². The summed E-state index contributed by atoms with van der Waals surface area (Å²) in [5.41, 5.74) is 1.50. The van der Waals surface area contributed by atoms with Crippen molar-refractivity contribution >= 4 is 10.8 Å². The van der Waals surface area contributed by atoms with Gasteiger partial charge in [-0.2, -0.15) is 13.2 Å². The number of alkyl halides is 3. The molecule has 5 heteroatoms. The van der Waals surface area contributed by atoms with E-state index in [0.29, 0.717) is 16.5 Å². The van der Waals surface area contributed by atoms with E-state index in [1.54, 1.807) is 18.2 Å². The van der Waals surface area contributed by atoms with Gasteiger partial charge in [0, 0.05) is 16.5 Å². The zero-order valence-corrected chi connectivity index (χ0v) is 18.9. The van der Waals surface area contributed by atoms with Gasteiger partial charge in [0.15, 0.2) is 0 Å². The van der Waals surface area contributed by atoms with Crippen LogP contribution in [0.25, 0.3) is 33.0 Å². The van der Waals surface area contributed by atoms with Crippen LogP contribution >= 0.6 is 0 Å². The summed E-state index contributed by atoms with van der Waals surface area (Å²) in [7, 11) is 0. The second kappa shape index (κ2) is 9.96. The molecule has 0 bridgehead atoms. The lowest BCUT2D eigenvalue weighted by atomic mass is 9.95. The van der Waals surface area contributed by atoms with E-state index >= 15 is 4.39 Å². The van der Waals surface area contributed by atoms with Crippen LogP contribution in [0, 0.1) is 11.6 Å². The van der Waals surface area contributed by atoms with Crippen molar-refractivity contribution < 1.29 is 22.0 Å². The Bertz CT molecular complexity index is 1290. The minimum atomic E-state index is -4.45. The maximum Gasteiger partial charge on any atom is 0.416 e. The molecule has 4 rings (SSSR count). The number of aryl methyl sites for hydroxylation is 1. The van der Waals surface area contributed by atoms with Crippen molar-refractivity contribution in [1.82, 2.24) is 0 Å². The minimum Gasteiger partial charge on any atom is -0.206 e. The molecule has 0 fully saturated rings. The molecule has 0 aliphatic carbocycles. The number of fused-ring (bicyclic) bond motifs is 1. The molecule has 4 aromatic rings. The van der Waals surface area contributed by atoms with Gasteiger partial charge in [-0.1, -0.05) is 80.8 Å². The van der Waals surface area contributed by atoms with Crippen molar-refractivity contribution in [1.29, 1.82) is 0 Å². The average Bonchev–Trinajstić information content (AvgIpc) is 2.81. The molecule has 0 heterocycles. The molecular weight excluding hydrogens is 443 g/mol. The van der Waals surface area contributed by atoms with Gasteiger partial charge in [-0.25, -0.2) is 8.78 Å². The van der Waals surface area contributed by atoms with Gasteiger partial charge in [0.05, 0.1) is 5.56 Å². The molecule has 176 valence electrons. The normalized spacial score (nSPS) is 11.8. The number of halogens is 5. The summed E-state index contributed by atoms with van der Waals surface area (Å²) in [6, 6.07) is 17.8. The van der Waals surface area contributed by atoms with Crippen molar-refractivity contribution in [3.05, 3.63) is 95.6 Å². The highest BCUT2D eigenvalue weighted by molar-refractivity contribution is 5.89. The molecule has 4 aromatic carbocycles. The summed E-state index contributed by atoms with van der Waals surface area (Å²) in [6.07, 6.45) is 1.16. The summed E-state index contributed by atoms with van der Waals surface area (Å²) in [4.78, 5) is 0. The smallest absolute Gasteiger partial charge is 0.206 e. The number of unbranched alkanes of at least 4 members (excludes halogenated alkanes) is 3. The Hall–Kier alpha value is -3.21. The van der Waals surface area contributed by atoms with E-state index in [1.165, 1.54) is 49.1 Å². The van der Waals surface area contributed by atoms with E-state index in [0.717, 1.165) is 30.4 Å². The summed E-state index contributed by atoms with van der Waals surface area (Å²) in [5, 5.41) is 1.28. The van der Waals surface area contributed by atoms with Crippen LogP contribution in [0.4, 0.5) is 22.0 Å². The minimum absolute atomic E-state index is 0.159. The van der Waals surface area contributed by atoms with E-state index in [-0.39, 0.29) is 11.1 Å². The Balaban J connectivity index is 1.60. The molecule has 0 atom stereocenters. The molecule has 34 heavy (non-hydrogen) atoms. The lowest BCUT2D eigenvalue weighted by molar-refractivity contribution is -0.137. The van der Waals surface area contributed by atoms with Crippen LogP contribution in [-0.2, 0) is 12.6 Å². The van der Waals surface area contributed by atoms with Crippen LogP contribution in [0.15, 0.2) is 72.8 Å². The first-order valence-electron chi connectivity index (χ1n) is 11.5. The number of benzene rings is 4. The first kappa shape index (κ1) is 23.9. The monoisotopic (exact) mass is 468 g/mol. The van der Waals surface area contributed by atoms with Gasteiger partial charge in [0.1, 0.15) is 11.6 Å². The molecule has 0 unspecified atom stereocenters. The fourth-order valence-electron chi connectivity index (χ4n) is 4.23. The van der Waals surface area contributed by atoms with E-state index in [4.69, 9.17) is 0 Å². The first-order chi connectivity index (χ1) is 16.3. The summed E-state index contributed by atoms with van der Waals surface area (Å²) in [6.45, 7) is 2.17. The quantitative estimate of drug-likeness (QED) is 0.187. The van der Waals surface area contributed by atoms with E-state index in [9.17, 15) is 17.6 Å². The third kappa shape index (κ3) is 5.14. The fraction of sp³-hybridized carbons (Fsp3) is 0.241. The summed E-state index contributed by atoms with van der Waals surface area (Å²) < 4.78 is 68.6. The van der Waals surface area contributed by atoms with E-state index in [2.05, 4.69) is 6.92 Å².